The molecule has 1 aliphatic carbocycles. The van der Waals surface area contributed by atoms with Crippen molar-refractivity contribution >= 4 is 27.8 Å². The number of amides is 2. The zero-order valence-electron chi connectivity index (χ0n) is 14.3. The van der Waals surface area contributed by atoms with Crippen molar-refractivity contribution in [3.8, 4) is 0 Å². The molecule has 1 saturated carbocycles. The predicted molar refractivity (Wildman–Crippen MR) is 91.5 cm³/mol. The average molecular weight is 383 g/mol. The molecule has 3 N–H and O–H groups in total. The van der Waals surface area contributed by atoms with Crippen LogP contribution in [0, 0.1) is 6.92 Å². The van der Waals surface area contributed by atoms with E-state index in [0.717, 1.165) is 18.4 Å². The van der Waals surface area contributed by atoms with Crippen LogP contribution in [-0.2, 0) is 29.1 Å². The van der Waals surface area contributed by atoms with Crippen molar-refractivity contribution in [3.05, 3.63) is 29.8 Å². The number of ether oxygens (including phenoxy) is 1. The number of hydrogen-bond donors (Lipinski definition) is 3. The maximum Gasteiger partial charge on any atom is 0.325 e. The molecule has 1 fully saturated rings. The van der Waals surface area contributed by atoms with E-state index in [4.69, 9.17) is 4.74 Å². The summed E-state index contributed by atoms with van der Waals surface area (Å²) >= 11 is 0. The van der Waals surface area contributed by atoms with E-state index in [-0.39, 0.29) is 10.9 Å². The number of carbonyl (C=O) groups excluding carboxylic acids is 3. The largest absolute Gasteiger partial charge is 0.454 e. The van der Waals surface area contributed by atoms with Crippen molar-refractivity contribution in [2.45, 2.75) is 30.7 Å². The van der Waals surface area contributed by atoms with Crippen molar-refractivity contribution in [2.75, 3.05) is 19.7 Å². The molecule has 0 radical (unpaired) electrons. The van der Waals surface area contributed by atoms with Crippen LogP contribution in [-0.4, -0.2) is 51.9 Å². The van der Waals surface area contributed by atoms with Crippen LogP contribution >= 0.6 is 0 Å². The van der Waals surface area contributed by atoms with Crippen LogP contribution in [0.2, 0.25) is 0 Å². The summed E-state index contributed by atoms with van der Waals surface area (Å²) < 4.78 is 30.9. The highest BCUT2D eigenvalue weighted by atomic mass is 32.2. The highest BCUT2D eigenvalue weighted by Gasteiger charge is 2.23. The van der Waals surface area contributed by atoms with Gasteiger partial charge in [-0.05, 0) is 31.9 Å². The molecule has 0 bridgehead atoms. The van der Waals surface area contributed by atoms with Crippen LogP contribution in [0.5, 0.6) is 0 Å². The van der Waals surface area contributed by atoms with Gasteiger partial charge in [0.05, 0.1) is 11.4 Å². The third kappa shape index (κ3) is 6.81. The molecule has 0 aromatic heterocycles. The van der Waals surface area contributed by atoms with Crippen molar-refractivity contribution in [1.82, 2.24) is 15.4 Å². The lowest BCUT2D eigenvalue weighted by molar-refractivity contribution is -0.148. The molecule has 26 heavy (non-hydrogen) atoms. The summed E-state index contributed by atoms with van der Waals surface area (Å²) in [5.74, 6) is -1.87. The maximum atomic E-state index is 12.0. The van der Waals surface area contributed by atoms with Gasteiger partial charge >= 0.3 is 5.97 Å². The lowest BCUT2D eigenvalue weighted by atomic mass is 10.2. The lowest BCUT2D eigenvalue weighted by Crippen LogP contribution is -2.40. The Morgan fingerprint density at radius 2 is 1.73 bits per heavy atom. The summed E-state index contributed by atoms with van der Waals surface area (Å²) in [6, 6.07) is 6.32. The Labute approximate surface area is 151 Å². The van der Waals surface area contributed by atoms with Crippen molar-refractivity contribution in [3.63, 3.8) is 0 Å². The summed E-state index contributed by atoms with van der Waals surface area (Å²) in [7, 11) is -3.82. The van der Waals surface area contributed by atoms with Crippen LogP contribution in [0.25, 0.3) is 0 Å². The van der Waals surface area contributed by atoms with Crippen LogP contribution in [0.4, 0.5) is 0 Å². The van der Waals surface area contributed by atoms with E-state index in [0.29, 0.717) is 0 Å². The van der Waals surface area contributed by atoms with E-state index in [9.17, 15) is 22.8 Å². The summed E-state index contributed by atoms with van der Waals surface area (Å²) in [5.41, 5.74) is 0.908. The third-order valence-corrected chi connectivity index (χ3v) is 4.91. The van der Waals surface area contributed by atoms with Gasteiger partial charge in [0.25, 0.3) is 5.91 Å². The number of carbonyl (C=O) groups is 3. The summed E-state index contributed by atoms with van der Waals surface area (Å²) in [6.45, 7) is 0.435. The predicted octanol–water partition coefficient (Wildman–Crippen LogP) is -0.789. The highest BCUT2D eigenvalue weighted by molar-refractivity contribution is 7.89. The Bertz CT molecular complexity index is 772. The number of esters is 1. The topological polar surface area (TPSA) is 131 Å². The van der Waals surface area contributed by atoms with Gasteiger partial charge in [0.1, 0.15) is 6.54 Å². The zero-order valence-corrected chi connectivity index (χ0v) is 15.1. The molecule has 142 valence electrons. The normalized spacial score (nSPS) is 13.7. The van der Waals surface area contributed by atoms with Crippen molar-refractivity contribution < 1.29 is 27.5 Å². The van der Waals surface area contributed by atoms with Gasteiger partial charge in [-0.25, -0.2) is 13.1 Å². The SMILES string of the molecule is Cc1ccc(S(=O)(=O)NCC(=O)NCC(=O)OCC(=O)NC2CC2)cc1. The van der Waals surface area contributed by atoms with Gasteiger partial charge in [-0.3, -0.25) is 14.4 Å². The second kappa shape index (κ2) is 8.77. The molecular formula is C16H21N3O6S. The molecule has 0 saturated heterocycles. The van der Waals surface area contributed by atoms with Crippen LogP contribution in [0.15, 0.2) is 29.2 Å². The van der Waals surface area contributed by atoms with Crippen molar-refractivity contribution in [1.29, 1.82) is 0 Å². The van der Waals surface area contributed by atoms with Gasteiger partial charge in [0.15, 0.2) is 6.61 Å². The minimum atomic E-state index is -3.82. The Kier molecular flexibility index (Phi) is 6.70. The molecule has 0 unspecified atom stereocenters. The number of sulfonamides is 1. The number of hydrogen-bond acceptors (Lipinski definition) is 6. The van der Waals surface area contributed by atoms with E-state index in [1.165, 1.54) is 12.1 Å². The van der Waals surface area contributed by atoms with Gasteiger partial charge in [-0.15, -0.1) is 0 Å². The minimum absolute atomic E-state index is 0.0389. The minimum Gasteiger partial charge on any atom is -0.454 e. The Hall–Kier alpha value is -2.46. The molecule has 1 aliphatic rings. The van der Waals surface area contributed by atoms with Crippen LogP contribution < -0.4 is 15.4 Å². The molecule has 0 spiro atoms. The van der Waals surface area contributed by atoms with Crippen LogP contribution in [0.3, 0.4) is 0 Å². The molecule has 2 amide bonds. The number of nitrogens with one attached hydrogen (secondary N) is 3. The number of aryl methyl sites for hydroxylation is 1. The second-order valence-corrected chi connectivity index (χ2v) is 7.68. The van der Waals surface area contributed by atoms with Gasteiger partial charge in [-0.1, -0.05) is 17.7 Å². The van der Waals surface area contributed by atoms with Gasteiger partial charge in [0.2, 0.25) is 15.9 Å². The third-order valence-electron chi connectivity index (χ3n) is 3.49. The van der Waals surface area contributed by atoms with E-state index in [1.54, 1.807) is 12.1 Å². The number of rotatable bonds is 9. The molecule has 0 atom stereocenters. The van der Waals surface area contributed by atoms with E-state index < -0.39 is 47.5 Å². The van der Waals surface area contributed by atoms with Gasteiger partial charge in [-0.2, -0.15) is 0 Å². The molecule has 2 rings (SSSR count). The zero-order chi connectivity index (χ0) is 19.2. The first-order valence-corrected chi connectivity index (χ1v) is 9.52. The van der Waals surface area contributed by atoms with Gasteiger partial charge < -0.3 is 15.4 Å². The van der Waals surface area contributed by atoms with Crippen LogP contribution in [0.1, 0.15) is 18.4 Å². The molecular weight excluding hydrogens is 362 g/mol. The first-order chi connectivity index (χ1) is 12.3. The lowest BCUT2D eigenvalue weighted by Gasteiger charge is -2.08. The average Bonchev–Trinajstić information content (AvgIpc) is 3.40. The Morgan fingerprint density at radius 1 is 1.08 bits per heavy atom. The fourth-order valence-electron chi connectivity index (χ4n) is 1.89. The monoisotopic (exact) mass is 383 g/mol. The molecule has 10 heteroatoms. The molecule has 1 aromatic carbocycles. The smallest absolute Gasteiger partial charge is 0.325 e. The standard InChI is InChI=1S/C16H21N3O6S/c1-11-2-6-13(7-3-11)26(23,24)18-8-14(20)17-9-16(22)25-10-15(21)19-12-4-5-12/h2-3,6-7,12,18H,4-5,8-10H2,1H3,(H,17,20)(H,19,21). The first-order valence-electron chi connectivity index (χ1n) is 8.04. The van der Waals surface area contributed by atoms with E-state index in [2.05, 4.69) is 15.4 Å². The Morgan fingerprint density at radius 3 is 2.35 bits per heavy atom. The Balaban J connectivity index is 1.66. The fraction of sp³-hybridized carbons (Fsp3) is 0.438. The quantitative estimate of drug-likeness (QED) is 0.479. The maximum absolute atomic E-state index is 12.0. The second-order valence-electron chi connectivity index (χ2n) is 5.92. The molecule has 9 nitrogen and oxygen atoms in total. The van der Waals surface area contributed by atoms with E-state index >= 15 is 0 Å². The molecule has 0 heterocycles. The summed E-state index contributed by atoms with van der Waals surface area (Å²) in [4.78, 5) is 34.5. The summed E-state index contributed by atoms with van der Waals surface area (Å²) in [6.07, 6.45) is 1.85. The first kappa shape index (κ1) is 19.9. The highest BCUT2D eigenvalue weighted by Crippen LogP contribution is 2.18. The summed E-state index contributed by atoms with van der Waals surface area (Å²) in [5, 5.41) is 4.87. The molecule has 1 aromatic rings. The van der Waals surface area contributed by atoms with Crippen molar-refractivity contribution in [2.24, 2.45) is 0 Å². The van der Waals surface area contributed by atoms with Gasteiger partial charge in [0, 0.05) is 6.04 Å². The number of benzene rings is 1. The molecule has 0 aliphatic heterocycles. The fourth-order valence-corrected chi connectivity index (χ4v) is 2.87. The van der Waals surface area contributed by atoms with E-state index in [1.807, 2.05) is 6.92 Å².